The zero-order valence-electron chi connectivity index (χ0n) is 14.8. The van der Waals surface area contributed by atoms with E-state index >= 15 is 0 Å². The molecule has 134 valence electrons. The third kappa shape index (κ3) is 3.38. The van der Waals surface area contributed by atoms with Crippen LogP contribution in [-0.4, -0.2) is 29.8 Å². The second kappa shape index (κ2) is 6.86. The van der Waals surface area contributed by atoms with Gasteiger partial charge in [0.05, 0.1) is 17.8 Å². The van der Waals surface area contributed by atoms with Crippen molar-refractivity contribution in [3.05, 3.63) is 24.3 Å². The van der Waals surface area contributed by atoms with Crippen LogP contribution < -0.4 is 15.5 Å². The van der Waals surface area contributed by atoms with Gasteiger partial charge in [-0.25, -0.2) is 0 Å². The lowest BCUT2D eigenvalue weighted by Crippen LogP contribution is -2.60. The summed E-state index contributed by atoms with van der Waals surface area (Å²) in [6.45, 7) is 4.28. The molecule has 3 rings (SSSR count). The molecule has 0 spiro atoms. The van der Waals surface area contributed by atoms with Crippen molar-refractivity contribution < 1.29 is 14.4 Å². The molecule has 6 heteroatoms. The monoisotopic (exact) mass is 343 g/mol. The maximum Gasteiger partial charge on any atom is 0.246 e. The molecule has 1 aliphatic carbocycles. The number of anilines is 2. The van der Waals surface area contributed by atoms with Crippen molar-refractivity contribution >= 4 is 29.1 Å². The lowest BCUT2D eigenvalue weighted by atomic mass is 9.92. The van der Waals surface area contributed by atoms with E-state index < -0.39 is 5.54 Å². The molecule has 1 heterocycles. The van der Waals surface area contributed by atoms with Crippen LogP contribution in [-0.2, 0) is 14.4 Å². The molecule has 2 N–H and O–H groups in total. The zero-order chi connectivity index (χ0) is 18.0. The first-order valence-corrected chi connectivity index (χ1v) is 8.98. The van der Waals surface area contributed by atoms with Gasteiger partial charge in [-0.2, -0.15) is 0 Å². The smallest absolute Gasteiger partial charge is 0.246 e. The van der Waals surface area contributed by atoms with Gasteiger partial charge in [-0.1, -0.05) is 25.5 Å². The summed E-state index contributed by atoms with van der Waals surface area (Å²) in [6.07, 6.45) is 3.45. The summed E-state index contributed by atoms with van der Waals surface area (Å²) in [7, 11) is 0. The van der Waals surface area contributed by atoms with Gasteiger partial charge in [-0.05, 0) is 38.3 Å². The number of rotatable bonds is 5. The van der Waals surface area contributed by atoms with Crippen LogP contribution >= 0.6 is 0 Å². The minimum absolute atomic E-state index is 0.0518. The molecule has 0 radical (unpaired) electrons. The molecule has 1 aromatic carbocycles. The van der Waals surface area contributed by atoms with Crippen LogP contribution in [0.1, 0.15) is 46.0 Å². The number of carbonyl (C=O) groups is 3. The maximum atomic E-state index is 13.0. The van der Waals surface area contributed by atoms with Crippen LogP contribution in [0, 0.1) is 5.92 Å². The summed E-state index contributed by atoms with van der Waals surface area (Å²) in [5, 5.41) is 5.74. The van der Waals surface area contributed by atoms with E-state index in [1.165, 1.54) is 0 Å². The topological polar surface area (TPSA) is 78.5 Å². The van der Waals surface area contributed by atoms with Crippen LogP contribution in [0.15, 0.2) is 24.3 Å². The van der Waals surface area contributed by atoms with Crippen molar-refractivity contribution in [2.75, 3.05) is 16.8 Å². The van der Waals surface area contributed by atoms with Gasteiger partial charge in [0.2, 0.25) is 17.7 Å². The van der Waals surface area contributed by atoms with Crippen molar-refractivity contribution in [2.45, 2.75) is 51.5 Å². The second-order valence-electron chi connectivity index (χ2n) is 7.07. The van der Waals surface area contributed by atoms with Gasteiger partial charge in [0.15, 0.2) is 0 Å². The Balaban J connectivity index is 2.02. The molecule has 25 heavy (non-hydrogen) atoms. The fourth-order valence-electron chi connectivity index (χ4n) is 3.25. The van der Waals surface area contributed by atoms with Crippen molar-refractivity contribution in [3.63, 3.8) is 0 Å². The largest absolute Gasteiger partial charge is 0.354 e. The Morgan fingerprint density at radius 2 is 2.04 bits per heavy atom. The average Bonchev–Trinajstić information content (AvgIpc) is 3.41. The summed E-state index contributed by atoms with van der Waals surface area (Å²) in [6, 6.07) is 7.18. The number of fused-ring (bicyclic) bond motifs is 1. The number of nitrogens with zero attached hydrogens (tertiary/aromatic N) is 1. The summed E-state index contributed by atoms with van der Waals surface area (Å²) < 4.78 is 0. The Kier molecular flexibility index (Phi) is 4.79. The molecule has 0 bridgehead atoms. The summed E-state index contributed by atoms with van der Waals surface area (Å²) in [4.78, 5) is 40.0. The zero-order valence-corrected chi connectivity index (χ0v) is 14.8. The molecule has 2 aliphatic rings. The van der Waals surface area contributed by atoms with Gasteiger partial charge in [0.25, 0.3) is 0 Å². The van der Waals surface area contributed by atoms with Crippen LogP contribution in [0.4, 0.5) is 11.4 Å². The van der Waals surface area contributed by atoms with Gasteiger partial charge >= 0.3 is 0 Å². The van der Waals surface area contributed by atoms with Crippen LogP contribution in [0.25, 0.3) is 0 Å². The fourth-order valence-corrected chi connectivity index (χ4v) is 3.25. The van der Waals surface area contributed by atoms with Crippen molar-refractivity contribution in [1.82, 2.24) is 5.32 Å². The standard InChI is InChI=1S/C19H25N3O3/c1-3-4-11-20-18(25)19(2)12-16(23)21-14-7-5-6-8-15(14)22(19)17(24)13-9-10-13/h5-8,13H,3-4,9-12H2,1-2H3,(H,20,25)(H,21,23). The molecular weight excluding hydrogens is 318 g/mol. The van der Waals surface area contributed by atoms with E-state index in [2.05, 4.69) is 10.6 Å². The third-order valence-electron chi connectivity index (χ3n) is 4.87. The number of unbranched alkanes of at least 4 members (excludes halogenated alkanes) is 1. The number of nitrogens with one attached hydrogen (secondary N) is 2. The molecule has 1 fully saturated rings. The number of benzene rings is 1. The van der Waals surface area contributed by atoms with Gasteiger partial charge < -0.3 is 10.6 Å². The highest BCUT2D eigenvalue weighted by Gasteiger charge is 2.50. The van der Waals surface area contributed by atoms with Gasteiger partial charge in [-0.15, -0.1) is 0 Å². The highest BCUT2D eigenvalue weighted by molar-refractivity contribution is 6.12. The van der Waals surface area contributed by atoms with Gasteiger partial charge in [-0.3, -0.25) is 19.3 Å². The van der Waals surface area contributed by atoms with E-state index in [1.807, 2.05) is 19.1 Å². The molecule has 1 atom stereocenters. The molecule has 1 aliphatic heterocycles. The lowest BCUT2D eigenvalue weighted by Gasteiger charge is -2.38. The van der Waals surface area contributed by atoms with E-state index in [-0.39, 0.29) is 30.1 Å². The van der Waals surface area contributed by atoms with Crippen molar-refractivity contribution in [2.24, 2.45) is 5.92 Å². The number of hydrogen-bond donors (Lipinski definition) is 2. The minimum Gasteiger partial charge on any atom is -0.354 e. The van der Waals surface area contributed by atoms with E-state index in [1.54, 1.807) is 24.0 Å². The Bertz CT molecular complexity index is 699. The van der Waals surface area contributed by atoms with Crippen LogP contribution in [0.3, 0.4) is 0 Å². The first kappa shape index (κ1) is 17.5. The molecule has 6 nitrogen and oxygen atoms in total. The van der Waals surface area contributed by atoms with E-state index in [0.717, 1.165) is 25.7 Å². The highest BCUT2D eigenvalue weighted by atomic mass is 16.2. The van der Waals surface area contributed by atoms with Crippen LogP contribution in [0.5, 0.6) is 0 Å². The van der Waals surface area contributed by atoms with Crippen molar-refractivity contribution in [3.8, 4) is 0 Å². The quantitative estimate of drug-likeness (QED) is 0.806. The predicted octanol–water partition coefficient (Wildman–Crippen LogP) is 2.45. The molecule has 0 aromatic heterocycles. The first-order valence-electron chi connectivity index (χ1n) is 8.98. The molecule has 1 saturated carbocycles. The van der Waals surface area contributed by atoms with E-state index in [4.69, 9.17) is 0 Å². The number of amides is 3. The number of carbonyl (C=O) groups excluding carboxylic acids is 3. The summed E-state index contributed by atoms with van der Waals surface area (Å²) in [5.74, 6) is -0.658. The normalized spacial score (nSPS) is 22.6. The second-order valence-corrected chi connectivity index (χ2v) is 7.07. The molecule has 1 aromatic rings. The first-order chi connectivity index (χ1) is 12.0. The van der Waals surface area contributed by atoms with Gasteiger partial charge in [0.1, 0.15) is 5.54 Å². The van der Waals surface area contributed by atoms with Crippen LogP contribution in [0.2, 0.25) is 0 Å². The van der Waals surface area contributed by atoms with Gasteiger partial charge in [0, 0.05) is 12.5 Å². The summed E-state index contributed by atoms with van der Waals surface area (Å²) in [5.41, 5.74) is -0.0608. The minimum atomic E-state index is -1.23. The molecule has 3 amide bonds. The molecule has 1 unspecified atom stereocenters. The van der Waals surface area contributed by atoms with Crippen molar-refractivity contribution in [1.29, 1.82) is 0 Å². The molecular formula is C19H25N3O3. The number of para-hydroxylation sites is 2. The third-order valence-corrected chi connectivity index (χ3v) is 4.87. The summed E-state index contributed by atoms with van der Waals surface area (Å²) >= 11 is 0. The molecule has 0 saturated heterocycles. The predicted molar refractivity (Wildman–Crippen MR) is 96.2 cm³/mol. The number of hydrogen-bond acceptors (Lipinski definition) is 3. The van der Waals surface area contributed by atoms with E-state index in [9.17, 15) is 14.4 Å². The Labute approximate surface area is 148 Å². The Morgan fingerprint density at radius 3 is 2.72 bits per heavy atom. The Morgan fingerprint density at radius 1 is 1.32 bits per heavy atom. The SMILES string of the molecule is CCCCNC(=O)C1(C)CC(=O)Nc2ccccc2N1C(=O)C1CC1. The highest BCUT2D eigenvalue weighted by Crippen LogP contribution is 2.41. The average molecular weight is 343 g/mol. The maximum absolute atomic E-state index is 13.0. The fraction of sp³-hybridized carbons (Fsp3) is 0.526. The Hall–Kier alpha value is -2.37. The van der Waals surface area contributed by atoms with E-state index in [0.29, 0.717) is 17.9 Å². The lowest BCUT2D eigenvalue weighted by molar-refractivity contribution is -0.132.